The van der Waals surface area contributed by atoms with E-state index in [9.17, 15) is 0 Å². The van der Waals surface area contributed by atoms with Gasteiger partial charge in [-0.3, -0.25) is 4.98 Å². The third-order valence-electron chi connectivity index (χ3n) is 2.93. The number of ether oxygens (including phenoxy) is 1. The second-order valence-corrected chi connectivity index (χ2v) is 11.5. The van der Waals surface area contributed by atoms with Crippen molar-refractivity contribution >= 4 is 19.0 Å². The second kappa shape index (κ2) is 5.63. The highest BCUT2D eigenvalue weighted by Gasteiger charge is 2.11. The summed E-state index contributed by atoms with van der Waals surface area (Å²) in [6, 6.07) is 11.6. The number of hydrogen-bond donors (Lipinski definition) is 0. The average molecular weight is 259 g/mol. The molecule has 1 aromatic heterocycles. The average Bonchev–Trinajstić information content (AvgIpc) is 2.33. The van der Waals surface area contributed by atoms with Crippen LogP contribution in [0.4, 0.5) is 0 Å². The summed E-state index contributed by atoms with van der Waals surface area (Å²) in [6.07, 6.45) is 1.83. The van der Waals surface area contributed by atoms with Crippen molar-refractivity contribution in [2.24, 2.45) is 0 Å². The van der Waals surface area contributed by atoms with Crippen molar-refractivity contribution in [2.45, 2.75) is 32.3 Å². The highest BCUT2D eigenvalue weighted by atomic mass is 28.3. The van der Waals surface area contributed by atoms with Gasteiger partial charge in [0.25, 0.3) is 0 Å². The summed E-state index contributed by atoms with van der Waals surface area (Å²) in [4.78, 5) is 4.32. The Morgan fingerprint density at radius 1 is 1.17 bits per heavy atom. The molecule has 18 heavy (non-hydrogen) atoms. The largest absolute Gasteiger partial charge is 0.377 e. The molecule has 1 heterocycles. The highest BCUT2D eigenvalue weighted by molar-refractivity contribution is 6.76. The van der Waals surface area contributed by atoms with Gasteiger partial charge in [-0.05, 0) is 29.8 Å². The van der Waals surface area contributed by atoms with E-state index in [4.69, 9.17) is 4.74 Å². The van der Waals surface area contributed by atoms with E-state index in [0.717, 1.165) is 12.1 Å². The minimum atomic E-state index is -0.974. The van der Waals surface area contributed by atoms with Crippen molar-refractivity contribution in [1.29, 1.82) is 0 Å². The van der Waals surface area contributed by atoms with Gasteiger partial charge in [-0.25, -0.2) is 0 Å². The van der Waals surface area contributed by atoms with Gasteiger partial charge in [-0.2, -0.15) is 0 Å². The number of nitrogens with zero attached hydrogens (tertiary/aromatic N) is 1. The van der Waals surface area contributed by atoms with E-state index in [1.165, 1.54) is 17.0 Å². The van der Waals surface area contributed by atoms with Gasteiger partial charge in [-0.1, -0.05) is 31.8 Å². The molecule has 0 atom stereocenters. The van der Waals surface area contributed by atoms with Gasteiger partial charge in [0.15, 0.2) is 0 Å². The molecule has 3 heteroatoms. The standard InChI is InChI=1S/C15H21NOSi/c1-18(2,3)10-9-17-12-13-6-7-15-14(11-13)5-4-8-16-15/h4-8,11H,9-10,12H2,1-3H3. The molecule has 2 rings (SSSR count). The molecular formula is C15H21NOSi. The van der Waals surface area contributed by atoms with Crippen molar-refractivity contribution in [3.8, 4) is 0 Å². The molecule has 0 unspecified atom stereocenters. The molecule has 0 saturated heterocycles. The van der Waals surface area contributed by atoms with E-state index in [-0.39, 0.29) is 0 Å². The van der Waals surface area contributed by atoms with Crippen LogP contribution < -0.4 is 0 Å². The predicted octanol–water partition coefficient (Wildman–Crippen LogP) is 4.09. The molecule has 0 bridgehead atoms. The summed E-state index contributed by atoms with van der Waals surface area (Å²) >= 11 is 0. The lowest BCUT2D eigenvalue weighted by Crippen LogP contribution is -2.21. The zero-order chi connectivity index (χ0) is 13.0. The number of fused-ring (bicyclic) bond motifs is 1. The van der Waals surface area contributed by atoms with Crippen LogP contribution in [0.25, 0.3) is 10.9 Å². The Bertz CT molecular complexity index is 519. The summed E-state index contributed by atoms with van der Waals surface area (Å²) in [7, 11) is -0.974. The van der Waals surface area contributed by atoms with Crippen LogP contribution >= 0.6 is 0 Å². The van der Waals surface area contributed by atoms with Crippen molar-refractivity contribution < 1.29 is 4.74 Å². The first-order chi connectivity index (χ1) is 8.54. The first-order valence-electron chi connectivity index (χ1n) is 6.46. The molecule has 96 valence electrons. The lowest BCUT2D eigenvalue weighted by Gasteiger charge is -2.15. The van der Waals surface area contributed by atoms with E-state index in [2.05, 4.69) is 48.9 Å². The number of rotatable bonds is 5. The van der Waals surface area contributed by atoms with Crippen LogP contribution in [-0.4, -0.2) is 19.7 Å². The number of pyridine rings is 1. The Hall–Kier alpha value is -1.19. The van der Waals surface area contributed by atoms with Crippen LogP contribution in [0.15, 0.2) is 36.5 Å². The summed E-state index contributed by atoms with van der Waals surface area (Å²) in [6.45, 7) is 8.70. The molecule has 2 aromatic rings. The van der Waals surface area contributed by atoms with Gasteiger partial charge >= 0.3 is 0 Å². The van der Waals surface area contributed by atoms with E-state index >= 15 is 0 Å². The minimum absolute atomic E-state index is 0.704. The summed E-state index contributed by atoms with van der Waals surface area (Å²) < 4.78 is 5.76. The molecule has 0 fully saturated rings. The lowest BCUT2D eigenvalue weighted by molar-refractivity contribution is 0.133. The molecule has 0 N–H and O–H groups in total. The second-order valence-electron chi connectivity index (χ2n) is 5.89. The maximum Gasteiger partial charge on any atom is 0.0716 e. The van der Waals surface area contributed by atoms with Crippen molar-refractivity contribution in [3.63, 3.8) is 0 Å². The molecule has 2 nitrogen and oxygen atoms in total. The van der Waals surface area contributed by atoms with Gasteiger partial charge in [0.1, 0.15) is 0 Å². The number of benzene rings is 1. The van der Waals surface area contributed by atoms with Gasteiger partial charge in [0, 0.05) is 26.3 Å². The Morgan fingerprint density at radius 3 is 2.78 bits per heavy atom. The van der Waals surface area contributed by atoms with Crippen molar-refractivity contribution in [1.82, 2.24) is 4.98 Å². The van der Waals surface area contributed by atoms with Crippen molar-refractivity contribution in [3.05, 3.63) is 42.1 Å². The Balaban J connectivity index is 1.92. The molecular weight excluding hydrogens is 238 g/mol. The van der Waals surface area contributed by atoms with Crippen LogP contribution in [0.2, 0.25) is 25.7 Å². The van der Waals surface area contributed by atoms with Gasteiger partial charge in [0.05, 0.1) is 12.1 Å². The van der Waals surface area contributed by atoms with Gasteiger partial charge in [0.2, 0.25) is 0 Å². The van der Waals surface area contributed by atoms with E-state index in [0.29, 0.717) is 6.61 Å². The normalized spacial score (nSPS) is 11.9. The van der Waals surface area contributed by atoms with E-state index < -0.39 is 8.07 Å². The zero-order valence-corrected chi connectivity index (χ0v) is 12.4. The third kappa shape index (κ3) is 3.93. The summed E-state index contributed by atoms with van der Waals surface area (Å²) in [5.41, 5.74) is 2.27. The molecule has 0 spiro atoms. The van der Waals surface area contributed by atoms with Crippen LogP contribution in [0.1, 0.15) is 5.56 Å². The fourth-order valence-corrected chi connectivity index (χ4v) is 2.54. The van der Waals surface area contributed by atoms with E-state index in [1.807, 2.05) is 12.3 Å². The predicted molar refractivity (Wildman–Crippen MR) is 79.6 cm³/mol. The van der Waals surface area contributed by atoms with Crippen molar-refractivity contribution in [2.75, 3.05) is 6.61 Å². The lowest BCUT2D eigenvalue weighted by atomic mass is 10.1. The fourth-order valence-electron chi connectivity index (χ4n) is 1.78. The number of hydrogen-bond acceptors (Lipinski definition) is 2. The van der Waals surface area contributed by atoms with Crippen LogP contribution in [-0.2, 0) is 11.3 Å². The van der Waals surface area contributed by atoms with Gasteiger partial charge < -0.3 is 4.74 Å². The summed E-state index contributed by atoms with van der Waals surface area (Å²) in [5, 5.41) is 1.18. The van der Waals surface area contributed by atoms with E-state index in [1.54, 1.807) is 0 Å². The van der Waals surface area contributed by atoms with Crippen LogP contribution in [0.5, 0.6) is 0 Å². The Morgan fingerprint density at radius 2 is 2.00 bits per heavy atom. The van der Waals surface area contributed by atoms with Crippen LogP contribution in [0.3, 0.4) is 0 Å². The minimum Gasteiger partial charge on any atom is -0.377 e. The number of aromatic nitrogens is 1. The monoisotopic (exact) mass is 259 g/mol. The fraction of sp³-hybridized carbons (Fsp3) is 0.400. The maximum absolute atomic E-state index is 5.76. The molecule has 0 amide bonds. The molecule has 1 aromatic carbocycles. The first kappa shape index (κ1) is 13.2. The molecule has 0 aliphatic carbocycles. The Labute approximate surface area is 110 Å². The molecule has 0 aliphatic heterocycles. The zero-order valence-electron chi connectivity index (χ0n) is 11.4. The SMILES string of the molecule is C[Si](C)(C)CCOCc1ccc2ncccc2c1. The highest BCUT2D eigenvalue weighted by Crippen LogP contribution is 2.14. The molecule has 0 aliphatic rings. The summed E-state index contributed by atoms with van der Waals surface area (Å²) in [5.74, 6) is 0. The smallest absolute Gasteiger partial charge is 0.0716 e. The Kier molecular flexibility index (Phi) is 4.14. The third-order valence-corrected chi connectivity index (χ3v) is 4.64. The van der Waals surface area contributed by atoms with Gasteiger partial charge in [-0.15, -0.1) is 0 Å². The first-order valence-corrected chi connectivity index (χ1v) is 10.2. The maximum atomic E-state index is 5.76. The topological polar surface area (TPSA) is 22.1 Å². The molecule has 0 radical (unpaired) electrons. The molecule has 0 saturated carbocycles. The quantitative estimate of drug-likeness (QED) is 0.596. The van der Waals surface area contributed by atoms with Crippen LogP contribution in [0, 0.1) is 0 Å².